The van der Waals surface area contributed by atoms with Gasteiger partial charge in [-0.05, 0) is 36.8 Å². The highest BCUT2D eigenvalue weighted by atomic mass is 35.5. The molecule has 4 aromatic rings. The summed E-state index contributed by atoms with van der Waals surface area (Å²) in [6, 6.07) is 21.1. The van der Waals surface area contributed by atoms with Gasteiger partial charge in [0.25, 0.3) is 10.0 Å². The largest absolute Gasteiger partial charge is 0.495 e. The van der Waals surface area contributed by atoms with E-state index >= 15 is 0 Å². The lowest BCUT2D eigenvalue weighted by Crippen LogP contribution is -2.32. The first kappa shape index (κ1) is 27.3. The number of carbonyl (C=O) groups excluding carboxylic acids is 1. The van der Waals surface area contributed by atoms with Crippen LogP contribution in [-0.4, -0.2) is 37.0 Å². The number of amides is 1. The summed E-state index contributed by atoms with van der Waals surface area (Å²) >= 11 is 9.00. The summed E-state index contributed by atoms with van der Waals surface area (Å²) in [5.74, 6) is 0.295. The molecular formula is C28H24ClN3O4S3. The number of aromatic nitrogens is 1. The number of anilines is 2. The molecule has 0 saturated carbocycles. The molecule has 0 bridgehead atoms. The fourth-order valence-corrected chi connectivity index (χ4v) is 7.33. The second-order valence-corrected chi connectivity index (χ2v) is 13.0. The molecule has 2 heterocycles. The van der Waals surface area contributed by atoms with Crippen LogP contribution < -0.4 is 14.4 Å². The minimum Gasteiger partial charge on any atom is -0.495 e. The minimum absolute atomic E-state index is 0.0206. The van der Waals surface area contributed by atoms with Crippen molar-refractivity contribution in [3.05, 3.63) is 94.8 Å². The Morgan fingerprint density at radius 2 is 1.82 bits per heavy atom. The van der Waals surface area contributed by atoms with Crippen LogP contribution in [0.4, 0.5) is 10.8 Å². The van der Waals surface area contributed by atoms with Crippen molar-refractivity contribution in [2.75, 3.05) is 16.7 Å². The van der Waals surface area contributed by atoms with Crippen molar-refractivity contribution in [2.24, 2.45) is 0 Å². The zero-order chi connectivity index (χ0) is 27.6. The third-order valence-electron chi connectivity index (χ3n) is 6.00. The number of hydrogen-bond acceptors (Lipinski definition) is 7. The molecule has 200 valence electrons. The molecule has 0 spiro atoms. The van der Waals surface area contributed by atoms with Gasteiger partial charge in [-0.1, -0.05) is 66.2 Å². The van der Waals surface area contributed by atoms with Crippen molar-refractivity contribution in [3.63, 3.8) is 0 Å². The molecule has 1 aromatic heterocycles. The van der Waals surface area contributed by atoms with Crippen molar-refractivity contribution in [2.45, 2.75) is 22.4 Å². The zero-order valence-electron chi connectivity index (χ0n) is 20.9. The van der Waals surface area contributed by atoms with Gasteiger partial charge in [-0.15, -0.1) is 23.1 Å². The van der Waals surface area contributed by atoms with E-state index in [2.05, 4.69) is 4.72 Å². The molecular weight excluding hydrogens is 574 g/mol. The molecule has 0 aliphatic carbocycles. The Kier molecular flexibility index (Phi) is 7.99. The van der Waals surface area contributed by atoms with Gasteiger partial charge >= 0.3 is 0 Å². The average Bonchev–Trinajstić information content (AvgIpc) is 3.52. The quantitative estimate of drug-likeness (QED) is 0.241. The molecule has 1 fully saturated rings. The summed E-state index contributed by atoms with van der Waals surface area (Å²) in [7, 11) is -2.42. The summed E-state index contributed by atoms with van der Waals surface area (Å²) in [5, 5.41) is 2.51. The maximum atomic E-state index is 13.0. The number of rotatable bonds is 8. The summed E-state index contributed by atoms with van der Waals surface area (Å²) < 4.78 is 33.4. The molecule has 1 aliphatic heterocycles. The lowest BCUT2D eigenvalue weighted by Gasteiger charge is -2.18. The van der Waals surface area contributed by atoms with E-state index in [0.29, 0.717) is 21.5 Å². The van der Waals surface area contributed by atoms with E-state index in [-0.39, 0.29) is 27.2 Å². The monoisotopic (exact) mass is 597 g/mol. The molecule has 5 rings (SSSR count). The predicted octanol–water partition coefficient (Wildman–Crippen LogP) is 6.78. The van der Waals surface area contributed by atoms with Crippen LogP contribution >= 0.6 is 34.7 Å². The van der Waals surface area contributed by atoms with Crippen molar-refractivity contribution >= 4 is 67.5 Å². The van der Waals surface area contributed by atoms with Gasteiger partial charge in [0.15, 0.2) is 5.13 Å². The van der Waals surface area contributed by atoms with E-state index in [1.807, 2.05) is 54.8 Å². The van der Waals surface area contributed by atoms with E-state index in [1.54, 1.807) is 40.9 Å². The lowest BCUT2D eigenvalue weighted by molar-refractivity contribution is -0.117. The van der Waals surface area contributed by atoms with Gasteiger partial charge in [0, 0.05) is 22.7 Å². The number of nitrogens with zero attached hydrogens (tertiary/aromatic N) is 2. The van der Waals surface area contributed by atoms with Crippen LogP contribution in [0.2, 0.25) is 5.02 Å². The van der Waals surface area contributed by atoms with Crippen LogP contribution in [0.3, 0.4) is 0 Å². The van der Waals surface area contributed by atoms with Crippen LogP contribution in [0.25, 0.3) is 17.3 Å². The number of sulfonamides is 1. The normalized spacial score (nSPS) is 17.6. The van der Waals surface area contributed by atoms with Gasteiger partial charge < -0.3 is 4.74 Å². The van der Waals surface area contributed by atoms with Gasteiger partial charge in [0.05, 0.1) is 28.0 Å². The smallest absolute Gasteiger partial charge is 0.262 e. The number of halogens is 1. The summed E-state index contributed by atoms with van der Waals surface area (Å²) in [6.45, 7) is 1.91. The molecule has 7 nitrogen and oxygen atoms in total. The van der Waals surface area contributed by atoms with Crippen molar-refractivity contribution < 1.29 is 17.9 Å². The van der Waals surface area contributed by atoms with E-state index in [9.17, 15) is 13.2 Å². The molecule has 39 heavy (non-hydrogen) atoms. The van der Waals surface area contributed by atoms with E-state index in [1.165, 1.54) is 36.6 Å². The lowest BCUT2D eigenvalue weighted by atomic mass is 10.1. The molecule has 1 amide bonds. The topological polar surface area (TPSA) is 88.6 Å². The maximum Gasteiger partial charge on any atom is 0.262 e. The Bertz CT molecular complexity index is 1620. The van der Waals surface area contributed by atoms with Crippen LogP contribution in [0.1, 0.15) is 12.5 Å². The number of thiazole rings is 1. The van der Waals surface area contributed by atoms with Crippen molar-refractivity contribution in [1.29, 1.82) is 0 Å². The average molecular weight is 598 g/mol. The summed E-state index contributed by atoms with van der Waals surface area (Å²) in [5.41, 5.74) is 2.97. The van der Waals surface area contributed by atoms with E-state index in [4.69, 9.17) is 21.3 Å². The first-order valence-corrected chi connectivity index (χ1v) is 15.6. The first-order chi connectivity index (χ1) is 18.7. The van der Waals surface area contributed by atoms with Crippen LogP contribution in [-0.2, 0) is 14.8 Å². The highest BCUT2D eigenvalue weighted by Gasteiger charge is 2.38. The molecule has 2 unspecified atom stereocenters. The van der Waals surface area contributed by atoms with Crippen LogP contribution in [0, 0.1) is 0 Å². The molecule has 1 aliphatic rings. The summed E-state index contributed by atoms with van der Waals surface area (Å²) in [6.07, 6.45) is 4.05. The fourth-order valence-electron chi connectivity index (χ4n) is 3.98. The number of nitrogens with one attached hydrogen (secondary N) is 1. The second kappa shape index (κ2) is 11.4. The predicted molar refractivity (Wildman–Crippen MR) is 160 cm³/mol. The third-order valence-corrected chi connectivity index (χ3v) is 9.79. The fraction of sp³-hybridized carbons (Fsp3) is 0.143. The highest BCUT2D eigenvalue weighted by Crippen LogP contribution is 2.39. The Labute approximate surface area is 240 Å². The molecule has 2 atom stereocenters. The standard InChI is InChI=1S/C28H24ClN3O4S3/c1-18-27(33)32(26(38-18)15-8-19-6-4-3-5-7-19)28-30-24(17-37-28)20-9-11-21(12-10-20)31-39(34,35)22-13-14-23(29)25(16-22)36-2/h3-18,26,31H,1-2H3/b15-8+. The number of ether oxygens (including phenoxy) is 1. The maximum absolute atomic E-state index is 13.0. The molecule has 1 saturated heterocycles. The number of thioether (sulfide) groups is 1. The summed E-state index contributed by atoms with van der Waals surface area (Å²) in [4.78, 5) is 19.5. The zero-order valence-corrected chi connectivity index (χ0v) is 24.2. The van der Waals surface area contributed by atoms with E-state index in [0.717, 1.165) is 11.1 Å². The van der Waals surface area contributed by atoms with Crippen LogP contribution in [0.15, 0.2) is 89.1 Å². The highest BCUT2D eigenvalue weighted by molar-refractivity contribution is 8.02. The minimum atomic E-state index is -3.85. The van der Waals surface area contributed by atoms with Crippen molar-refractivity contribution in [3.8, 4) is 17.0 Å². The van der Waals surface area contributed by atoms with Gasteiger partial charge in [-0.25, -0.2) is 13.4 Å². The molecule has 0 radical (unpaired) electrons. The van der Waals surface area contributed by atoms with Gasteiger partial charge in [0.1, 0.15) is 11.1 Å². The molecule has 11 heteroatoms. The number of hydrogen-bond donors (Lipinski definition) is 1. The van der Waals surface area contributed by atoms with E-state index < -0.39 is 10.0 Å². The number of carbonyl (C=O) groups is 1. The Morgan fingerprint density at radius 3 is 2.54 bits per heavy atom. The Morgan fingerprint density at radius 1 is 1.08 bits per heavy atom. The van der Waals surface area contributed by atoms with Crippen molar-refractivity contribution in [1.82, 2.24) is 4.98 Å². The SMILES string of the molecule is COc1cc(S(=O)(=O)Nc2ccc(-c3csc(N4C(=O)C(C)SC4/C=C/c4ccccc4)n3)cc2)ccc1Cl. The third kappa shape index (κ3) is 5.99. The second-order valence-electron chi connectivity index (χ2n) is 8.64. The molecule has 3 aromatic carbocycles. The van der Waals surface area contributed by atoms with Gasteiger partial charge in [-0.2, -0.15) is 0 Å². The van der Waals surface area contributed by atoms with Crippen LogP contribution in [0.5, 0.6) is 5.75 Å². The Hall–Kier alpha value is -3.31. The number of benzene rings is 3. The number of methoxy groups -OCH3 is 1. The molecule has 1 N–H and O–H groups in total. The first-order valence-electron chi connectivity index (χ1n) is 11.9. The Balaban J connectivity index is 1.32. The van der Waals surface area contributed by atoms with Gasteiger partial charge in [-0.3, -0.25) is 14.4 Å². The van der Waals surface area contributed by atoms with Gasteiger partial charge in [0.2, 0.25) is 5.91 Å².